The number of hydrogen-bond donors (Lipinski definition) is 2. The molecule has 0 unspecified atom stereocenters. The highest BCUT2D eigenvalue weighted by molar-refractivity contribution is 5.79. The van der Waals surface area contributed by atoms with Crippen molar-refractivity contribution in [2.24, 2.45) is 10.9 Å². The van der Waals surface area contributed by atoms with E-state index in [2.05, 4.69) is 59.7 Å². The Labute approximate surface area is 159 Å². The molecule has 2 aliphatic rings. The number of nitrogens with one attached hydrogen (secondary N) is 2. The maximum atomic E-state index is 4.92. The fraction of sp³-hybridized carbons (Fsp3) is 0.682. The lowest BCUT2D eigenvalue weighted by molar-refractivity contribution is 0.187. The third kappa shape index (κ3) is 5.23. The van der Waals surface area contributed by atoms with Gasteiger partial charge in [-0.25, -0.2) is 0 Å². The van der Waals surface area contributed by atoms with E-state index in [0.29, 0.717) is 0 Å². The van der Waals surface area contributed by atoms with Crippen molar-refractivity contribution >= 4 is 5.96 Å². The standard InChI is InChI=1S/C22H36N4/c1-3-23-21(24-15-10-19-11-16-26(4-2)17-12-19)25-18-22(13-14-22)20-8-6-5-7-9-20/h5-9,19H,3-4,10-18H2,1-2H3,(H2,23,24,25). The van der Waals surface area contributed by atoms with E-state index in [4.69, 9.17) is 4.99 Å². The first-order valence-corrected chi connectivity index (χ1v) is 10.6. The molecule has 0 amide bonds. The molecule has 2 N–H and O–H groups in total. The molecular weight excluding hydrogens is 320 g/mol. The van der Waals surface area contributed by atoms with E-state index in [1.165, 1.54) is 57.3 Å². The van der Waals surface area contributed by atoms with Crippen molar-refractivity contribution in [1.29, 1.82) is 0 Å². The van der Waals surface area contributed by atoms with Crippen LogP contribution in [-0.4, -0.2) is 50.1 Å². The van der Waals surface area contributed by atoms with Gasteiger partial charge in [0.15, 0.2) is 5.96 Å². The van der Waals surface area contributed by atoms with Crippen LogP contribution in [-0.2, 0) is 5.41 Å². The first-order valence-electron chi connectivity index (χ1n) is 10.6. The number of benzene rings is 1. The maximum absolute atomic E-state index is 4.92. The lowest BCUT2D eigenvalue weighted by Crippen LogP contribution is -2.40. The van der Waals surface area contributed by atoms with Crippen molar-refractivity contribution in [3.63, 3.8) is 0 Å². The number of piperidine rings is 1. The molecule has 1 saturated heterocycles. The lowest BCUT2D eigenvalue weighted by atomic mass is 9.93. The molecule has 1 heterocycles. The lowest BCUT2D eigenvalue weighted by Gasteiger charge is -2.31. The molecule has 4 heteroatoms. The van der Waals surface area contributed by atoms with Crippen molar-refractivity contribution in [1.82, 2.24) is 15.5 Å². The van der Waals surface area contributed by atoms with Crippen LogP contribution in [0.15, 0.2) is 35.3 Å². The second-order valence-electron chi connectivity index (χ2n) is 7.93. The fourth-order valence-electron chi connectivity index (χ4n) is 4.04. The van der Waals surface area contributed by atoms with Crippen molar-refractivity contribution in [3.05, 3.63) is 35.9 Å². The van der Waals surface area contributed by atoms with Crippen LogP contribution in [0.3, 0.4) is 0 Å². The van der Waals surface area contributed by atoms with Gasteiger partial charge in [0.1, 0.15) is 0 Å². The average Bonchev–Trinajstić information content (AvgIpc) is 3.48. The summed E-state index contributed by atoms with van der Waals surface area (Å²) in [6.45, 7) is 11.0. The molecule has 0 aromatic heterocycles. The van der Waals surface area contributed by atoms with Gasteiger partial charge in [0.2, 0.25) is 0 Å². The second-order valence-corrected chi connectivity index (χ2v) is 7.93. The van der Waals surface area contributed by atoms with E-state index >= 15 is 0 Å². The average molecular weight is 357 g/mol. The second kappa shape index (κ2) is 9.40. The van der Waals surface area contributed by atoms with E-state index in [1.54, 1.807) is 0 Å². The molecule has 2 fully saturated rings. The number of hydrogen-bond acceptors (Lipinski definition) is 2. The smallest absolute Gasteiger partial charge is 0.191 e. The minimum absolute atomic E-state index is 0.288. The van der Waals surface area contributed by atoms with Crippen LogP contribution in [0.2, 0.25) is 0 Å². The van der Waals surface area contributed by atoms with Crippen LogP contribution in [0, 0.1) is 5.92 Å². The van der Waals surface area contributed by atoms with Gasteiger partial charge in [0.25, 0.3) is 0 Å². The zero-order valence-electron chi connectivity index (χ0n) is 16.6. The van der Waals surface area contributed by atoms with Crippen molar-refractivity contribution < 1.29 is 0 Å². The van der Waals surface area contributed by atoms with E-state index in [9.17, 15) is 0 Å². The number of nitrogens with zero attached hydrogens (tertiary/aromatic N) is 2. The molecule has 1 aliphatic heterocycles. The Morgan fingerprint density at radius 1 is 1.12 bits per heavy atom. The predicted octanol–water partition coefficient (Wildman–Crippen LogP) is 3.40. The molecule has 1 aliphatic carbocycles. The summed E-state index contributed by atoms with van der Waals surface area (Å²) in [4.78, 5) is 7.48. The normalized spacial score (nSPS) is 20.8. The van der Waals surface area contributed by atoms with Gasteiger partial charge in [-0.1, -0.05) is 37.3 Å². The Hall–Kier alpha value is -1.55. The number of guanidine groups is 1. The summed E-state index contributed by atoms with van der Waals surface area (Å²) in [6.07, 6.45) is 6.47. The maximum Gasteiger partial charge on any atom is 0.191 e. The first kappa shape index (κ1) is 19.2. The van der Waals surface area contributed by atoms with Gasteiger partial charge in [-0.05, 0) is 70.1 Å². The van der Waals surface area contributed by atoms with Crippen LogP contribution in [0.25, 0.3) is 0 Å². The Kier molecular flexibility index (Phi) is 6.95. The summed E-state index contributed by atoms with van der Waals surface area (Å²) in [5.74, 6) is 1.85. The molecule has 26 heavy (non-hydrogen) atoms. The topological polar surface area (TPSA) is 39.7 Å². The van der Waals surface area contributed by atoms with Crippen LogP contribution < -0.4 is 10.6 Å². The van der Waals surface area contributed by atoms with Gasteiger partial charge in [-0.3, -0.25) is 4.99 Å². The van der Waals surface area contributed by atoms with E-state index in [0.717, 1.165) is 31.5 Å². The Bertz CT molecular complexity index is 557. The molecule has 0 bridgehead atoms. The fourth-order valence-corrected chi connectivity index (χ4v) is 4.04. The Morgan fingerprint density at radius 2 is 1.85 bits per heavy atom. The largest absolute Gasteiger partial charge is 0.357 e. The highest BCUT2D eigenvalue weighted by Gasteiger charge is 2.43. The predicted molar refractivity (Wildman–Crippen MR) is 111 cm³/mol. The number of rotatable bonds is 8. The molecule has 0 atom stereocenters. The van der Waals surface area contributed by atoms with Gasteiger partial charge < -0.3 is 15.5 Å². The van der Waals surface area contributed by atoms with Gasteiger partial charge in [0.05, 0.1) is 6.54 Å². The summed E-state index contributed by atoms with van der Waals surface area (Å²) in [6, 6.07) is 10.9. The Balaban J connectivity index is 1.46. The first-order chi connectivity index (χ1) is 12.8. The number of aliphatic imine (C=N–C) groups is 1. The quantitative estimate of drug-likeness (QED) is 0.554. The molecule has 1 aromatic rings. The minimum Gasteiger partial charge on any atom is -0.357 e. The SMILES string of the molecule is CCNC(=NCC1(c2ccccc2)CC1)NCCC1CCN(CC)CC1. The van der Waals surface area contributed by atoms with Gasteiger partial charge in [0, 0.05) is 18.5 Å². The molecular formula is C22H36N4. The Morgan fingerprint density at radius 3 is 2.46 bits per heavy atom. The van der Waals surface area contributed by atoms with E-state index in [1.807, 2.05) is 0 Å². The number of likely N-dealkylation sites (tertiary alicyclic amines) is 1. The van der Waals surface area contributed by atoms with Gasteiger partial charge in [-0.2, -0.15) is 0 Å². The molecule has 144 valence electrons. The molecule has 0 radical (unpaired) electrons. The minimum atomic E-state index is 0.288. The summed E-state index contributed by atoms with van der Waals surface area (Å²) in [5, 5.41) is 6.99. The summed E-state index contributed by atoms with van der Waals surface area (Å²) >= 11 is 0. The molecule has 3 rings (SSSR count). The van der Waals surface area contributed by atoms with Crippen LogP contribution in [0.5, 0.6) is 0 Å². The molecule has 0 spiro atoms. The van der Waals surface area contributed by atoms with Crippen LogP contribution >= 0.6 is 0 Å². The zero-order chi connectivity index (χ0) is 18.2. The molecule has 1 aromatic carbocycles. The summed E-state index contributed by atoms with van der Waals surface area (Å²) < 4.78 is 0. The highest BCUT2D eigenvalue weighted by atomic mass is 15.2. The van der Waals surface area contributed by atoms with Crippen LogP contribution in [0.4, 0.5) is 0 Å². The van der Waals surface area contributed by atoms with Crippen molar-refractivity contribution in [2.75, 3.05) is 39.3 Å². The molecule has 4 nitrogen and oxygen atoms in total. The van der Waals surface area contributed by atoms with Crippen molar-refractivity contribution in [3.8, 4) is 0 Å². The monoisotopic (exact) mass is 356 g/mol. The van der Waals surface area contributed by atoms with E-state index < -0.39 is 0 Å². The van der Waals surface area contributed by atoms with E-state index in [-0.39, 0.29) is 5.41 Å². The zero-order valence-corrected chi connectivity index (χ0v) is 16.6. The third-order valence-corrected chi connectivity index (χ3v) is 6.12. The summed E-state index contributed by atoms with van der Waals surface area (Å²) in [7, 11) is 0. The highest BCUT2D eigenvalue weighted by Crippen LogP contribution is 2.48. The third-order valence-electron chi connectivity index (χ3n) is 6.12. The van der Waals surface area contributed by atoms with Gasteiger partial charge >= 0.3 is 0 Å². The molecule has 1 saturated carbocycles. The van der Waals surface area contributed by atoms with Gasteiger partial charge in [-0.15, -0.1) is 0 Å². The van der Waals surface area contributed by atoms with Crippen LogP contribution in [0.1, 0.15) is 51.5 Å². The van der Waals surface area contributed by atoms with Crippen molar-refractivity contribution in [2.45, 2.75) is 51.4 Å². The summed E-state index contributed by atoms with van der Waals surface area (Å²) in [5.41, 5.74) is 1.73.